The molecule has 0 fully saturated rings. The van der Waals surface area contributed by atoms with Crippen LogP contribution in [0.1, 0.15) is 28.5 Å². The Morgan fingerprint density at radius 2 is 1.66 bits per heavy atom. The van der Waals surface area contributed by atoms with Crippen LogP contribution < -0.4 is 11.0 Å². The van der Waals surface area contributed by atoms with E-state index < -0.39 is 5.91 Å². The molecule has 9 nitrogen and oxygen atoms in total. The van der Waals surface area contributed by atoms with Gasteiger partial charge in [-0.1, -0.05) is 60.7 Å². The van der Waals surface area contributed by atoms with Crippen LogP contribution >= 0.6 is 0 Å². The van der Waals surface area contributed by atoms with Crippen LogP contribution in [-0.2, 0) is 6.54 Å². The highest BCUT2D eigenvalue weighted by atomic mass is 16.2. The molecule has 5 aromatic rings. The summed E-state index contributed by atoms with van der Waals surface area (Å²) < 4.78 is 2.96. The first-order valence-electron chi connectivity index (χ1n) is 10.9. The molecule has 1 N–H and O–H groups in total. The molecule has 172 valence electrons. The quantitative estimate of drug-likeness (QED) is 0.307. The van der Waals surface area contributed by atoms with Crippen molar-refractivity contribution in [2.24, 2.45) is 5.10 Å². The average Bonchev–Trinajstić information content (AvgIpc) is 3.45. The number of aromatic nitrogens is 5. The fraction of sp³-hybridized carbons (Fsp3) is 0.0769. The largest absolute Gasteiger partial charge is 0.292 e. The van der Waals surface area contributed by atoms with Gasteiger partial charge in [-0.15, -0.1) is 0 Å². The highest BCUT2D eigenvalue weighted by Gasteiger charge is 2.17. The number of fused-ring (bicyclic) bond motifs is 1. The van der Waals surface area contributed by atoms with Crippen LogP contribution in [0, 0.1) is 0 Å². The third-order valence-corrected chi connectivity index (χ3v) is 5.55. The summed E-state index contributed by atoms with van der Waals surface area (Å²) in [4.78, 5) is 30.1. The molecule has 0 spiro atoms. The van der Waals surface area contributed by atoms with Crippen molar-refractivity contribution in [2.45, 2.75) is 13.5 Å². The molecule has 0 saturated heterocycles. The van der Waals surface area contributed by atoms with E-state index in [1.54, 1.807) is 42.2 Å². The molecule has 2 heterocycles. The fourth-order valence-corrected chi connectivity index (χ4v) is 3.72. The summed E-state index contributed by atoms with van der Waals surface area (Å²) in [6.07, 6.45) is 3.08. The molecular weight excluding hydrogens is 442 g/mol. The minimum Gasteiger partial charge on any atom is -0.267 e. The Labute approximate surface area is 200 Å². The van der Waals surface area contributed by atoms with E-state index in [4.69, 9.17) is 0 Å². The molecule has 1 amide bonds. The smallest absolute Gasteiger partial charge is 0.267 e. The minimum atomic E-state index is -0.499. The normalized spacial score (nSPS) is 11.5. The zero-order valence-corrected chi connectivity index (χ0v) is 18.9. The molecule has 2 aromatic heterocycles. The van der Waals surface area contributed by atoms with Gasteiger partial charge >= 0.3 is 0 Å². The maximum Gasteiger partial charge on any atom is 0.292 e. The number of nitrogens with zero attached hydrogens (tertiary/aromatic N) is 6. The van der Waals surface area contributed by atoms with Crippen molar-refractivity contribution in [3.8, 4) is 5.69 Å². The monoisotopic (exact) mass is 463 g/mol. The molecule has 0 atom stereocenters. The van der Waals surface area contributed by atoms with Crippen molar-refractivity contribution < 1.29 is 4.79 Å². The molecule has 35 heavy (non-hydrogen) atoms. The van der Waals surface area contributed by atoms with E-state index in [0.29, 0.717) is 16.5 Å². The highest BCUT2D eigenvalue weighted by Crippen LogP contribution is 2.14. The Morgan fingerprint density at radius 3 is 2.37 bits per heavy atom. The average molecular weight is 464 g/mol. The Morgan fingerprint density at radius 1 is 0.943 bits per heavy atom. The summed E-state index contributed by atoms with van der Waals surface area (Å²) in [5, 5.41) is 13.7. The van der Waals surface area contributed by atoms with Crippen LogP contribution in [-0.4, -0.2) is 36.2 Å². The summed E-state index contributed by atoms with van der Waals surface area (Å²) in [5.41, 5.74) is 5.68. The van der Waals surface area contributed by atoms with E-state index in [9.17, 15) is 9.59 Å². The summed E-state index contributed by atoms with van der Waals surface area (Å²) in [6, 6.07) is 24.0. The molecule has 0 aliphatic heterocycles. The van der Waals surface area contributed by atoms with Gasteiger partial charge in [-0.3, -0.25) is 9.59 Å². The Bertz CT molecular complexity index is 1570. The van der Waals surface area contributed by atoms with Crippen LogP contribution in [0.3, 0.4) is 0 Å². The lowest BCUT2D eigenvalue weighted by atomic mass is 10.1. The Balaban J connectivity index is 1.42. The molecule has 0 aliphatic carbocycles. The van der Waals surface area contributed by atoms with Gasteiger partial charge in [-0.25, -0.2) is 19.8 Å². The summed E-state index contributed by atoms with van der Waals surface area (Å²) in [6.45, 7) is 2.05. The van der Waals surface area contributed by atoms with Gasteiger partial charge in [0.25, 0.3) is 11.5 Å². The second-order valence-electron chi connectivity index (χ2n) is 7.87. The van der Waals surface area contributed by atoms with Gasteiger partial charge in [0.15, 0.2) is 5.69 Å². The summed E-state index contributed by atoms with van der Waals surface area (Å²) in [5.74, 6) is -0.499. The van der Waals surface area contributed by atoms with Gasteiger partial charge in [0.1, 0.15) is 12.7 Å². The van der Waals surface area contributed by atoms with Gasteiger partial charge < -0.3 is 0 Å². The van der Waals surface area contributed by atoms with E-state index in [1.165, 1.54) is 11.0 Å². The summed E-state index contributed by atoms with van der Waals surface area (Å²) >= 11 is 0. The zero-order valence-electron chi connectivity index (χ0n) is 18.9. The molecule has 3 aromatic carbocycles. The third-order valence-electron chi connectivity index (χ3n) is 5.55. The van der Waals surface area contributed by atoms with Crippen LogP contribution in [0.25, 0.3) is 16.5 Å². The van der Waals surface area contributed by atoms with E-state index in [2.05, 4.69) is 25.7 Å². The van der Waals surface area contributed by atoms with E-state index in [1.807, 2.05) is 54.6 Å². The molecule has 0 saturated carbocycles. The molecular formula is C26H21N7O2. The number of hydrogen-bond donors (Lipinski definition) is 1. The van der Waals surface area contributed by atoms with Crippen molar-refractivity contribution >= 4 is 22.4 Å². The van der Waals surface area contributed by atoms with Crippen LogP contribution in [0.5, 0.6) is 0 Å². The van der Waals surface area contributed by atoms with Gasteiger partial charge in [0.2, 0.25) is 0 Å². The maximum atomic E-state index is 13.1. The number of rotatable bonds is 6. The first-order valence-corrected chi connectivity index (χ1v) is 10.9. The Kier molecular flexibility index (Phi) is 5.96. The van der Waals surface area contributed by atoms with Crippen molar-refractivity contribution in [1.82, 2.24) is 30.0 Å². The van der Waals surface area contributed by atoms with Gasteiger partial charge in [-0.05, 0) is 36.2 Å². The SMILES string of the molecule is C/C(=N\NC(=O)c1nn(Cc2ccccc2)c(=O)c2ccccc12)c1ccc(-n2cncn2)cc1. The van der Waals surface area contributed by atoms with Crippen molar-refractivity contribution in [1.29, 1.82) is 0 Å². The van der Waals surface area contributed by atoms with Crippen molar-refractivity contribution in [3.63, 3.8) is 0 Å². The van der Waals surface area contributed by atoms with E-state index in [-0.39, 0.29) is 17.8 Å². The predicted octanol–water partition coefficient (Wildman–Crippen LogP) is 3.18. The molecule has 0 unspecified atom stereocenters. The van der Waals surface area contributed by atoms with Gasteiger partial charge in [0, 0.05) is 5.39 Å². The molecule has 0 aliphatic rings. The molecule has 5 rings (SSSR count). The number of carbonyl (C=O) groups is 1. The van der Waals surface area contributed by atoms with Crippen LogP contribution in [0.4, 0.5) is 0 Å². The number of amides is 1. The van der Waals surface area contributed by atoms with Crippen molar-refractivity contribution in [3.05, 3.63) is 119 Å². The minimum absolute atomic E-state index is 0.134. The van der Waals surface area contributed by atoms with E-state index in [0.717, 1.165) is 16.8 Å². The lowest BCUT2D eigenvalue weighted by Crippen LogP contribution is -2.29. The number of hydrazone groups is 1. The second-order valence-corrected chi connectivity index (χ2v) is 7.87. The van der Waals surface area contributed by atoms with Crippen molar-refractivity contribution in [2.75, 3.05) is 0 Å². The third kappa shape index (κ3) is 4.60. The molecule has 0 radical (unpaired) electrons. The van der Waals surface area contributed by atoms with E-state index >= 15 is 0 Å². The van der Waals surface area contributed by atoms with Crippen LogP contribution in [0.15, 0.2) is 101 Å². The molecule has 9 heteroatoms. The van der Waals surface area contributed by atoms with Crippen LogP contribution in [0.2, 0.25) is 0 Å². The lowest BCUT2D eigenvalue weighted by molar-refractivity contribution is 0.0949. The number of hydrogen-bond acceptors (Lipinski definition) is 6. The number of benzene rings is 3. The zero-order chi connectivity index (χ0) is 24.2. The highest BCUT2D eigenvalue weighted by molar-refractivity contribution is 6.06. The fourth-order valence-electron chi connectivity index (χ4n) is 3.72. The number of carbonyl (C=O) groups excluding carboxylic acids is 1. The first-order chi connectivity index (χ1) is 17.1. The van der Waals surface area contributed by atoms with Gasteiger partial charge in [-0.2, -0.15) is 15.3 Å². The standard InChI is InChI=1S/C26H21N7O2/c1-18(20-11-13-21(14-12-20)33-17-27-16-28-33)29-30-25(34)24-22-9-5-6-10-23(22)26(35)32(31-24)15-19-7-3-2-4-8-19/h2-14,16-17H,15H2,1H3,(H,30,34)/b29-18+. The Hall–Kier alpha value is -4.92. The molecule has 0 bridgehead atoms. The predicted molar refractivity (Wildman–Crippen MR) is 133 cm³/mol. The topological polar surface area (TPSA) is 107 Å². The number of nitrogens with one attached hydrogen (secondary N) is 1. The first kappa shape index (κ1) is 21.9. The second kappa shape index (κ2) is 9.52. The lowest BCUT2D eigenvalue weighted by Gasteiger charge is -2.11. The van der Waals surface area contributed by atoms with Gasteiger partial charge in [0.05, 0.1) is 23.3 Å². The summed E-state index contributed by atoms with van der Waals surface area (Å²) in [7, 11) is 0. The maximum absolute atomic E-state index is 13.1.